The molecule has 0 aliphatic carbocycles. The van der Waals surface area contributed by atoms with E-state index in [4.69, 9.17) is 0 Å². The van der Waals surface area contributed by atoms with Crippen LogP contribution in [0, 0.1) is 12.7 Å². The fourth-order valence-electron chi connectivity index (χ4n) is 4.12. The Balaban J connectivity index is 1.52. The van der Waals surface area contributed by atoms with E-state index in [1.54, 1.807) is 30.9 Å². The largest absolute Gasteiger partial charge is 0.353 e. The van der Waals surface area contributed by atoms with Crippen molar-refractivity contribution >= 4 is 21.8 Å². The summed E-state index contributed by atoms with van der Waals surface area (Å²) in [6, 6.07) is 15.1. The van der Waals surface area contributed by atoms with Crippen LogP contribution in [0.3, 0.4) is 0 Å². The Kier molecular flexibility index (Phi) is 4.07. The maximum absolute atomic E-state index is 14.1. The smallest absolute Gasteiger partial charge is 0.124 e. The number of nitrogens with one attached hydrogen (secondary N) is 2. The molecule has 0 radical (unpaired) electrons. The predicted molar refractivity (Wildman–Crippen MR) is 122 cm³/mol. The Morgan fingerprint density at radius 1 is 0.844 bits per heavy atom. The highest BCUT2D eigenvalue weighted by atomic mass is 19.1. The molecule has 6 rings (SSSR count). The summed E-state index contributed by atoms with van der Waals surface area (Å²) in [4.78, 5) is 16.4. The molecule has 4 aromatic heterocycles. The van der Waals surface area contributed by atoms with Crippen molar-refractivity contribution in [1.29, 1.82) is 0 Å². The Bertz CT molecular complexity index is 1580. The first-order chi connectivity index (χ1) is 15.7. The summed E-state index contributed by atoms with van der Waals surface area (Å²) >= 11 is 0. The van der Waals surface area contributed by atoms with Crippen molar-refractivity contribution in [1.82, 2.24) is 30.1 Å². The summed E-state index contributed by atoms with van der Waals surface area (Å²) in [6.07, 6.45) is 6.71. The molecule has 0 amide bonds. The summed E-state index contributed by atoms with van der Waals surface area (Å²) in [5, 5.41) is 9.52. The molecule has 6 aromatic rings. The van der Waals surface area contributed by atoms with E-state index in [2.05, 4.69) is 36.2 Å². The molecule has 0 saturated heterocycles. The molecule has 154 valence electrons. The normalized spacial score (nSPS) is 11.4. The standard InChI is InChI=1S/C25H17FN6/c1-14-7-15(9-16(26)8-14)17-3-2-4-20-18(17)10-22(30-20)25-19-11-21(24-12-27-5-6-28-24)29-13-23(19)31-32-25/h2-13,30H,1H3,(H,31,32). The zero-order valence-electron chi connectivity index (χ0n) is 17.1. The van der Waals surface area contributed by atoms with Crippen molar-refractivity contribution < 1.29 is 4.39 Å². The Morgan fingerprint density at radius 3 is 2.62 bits per heavy atom. The number of aromatic nitrogens is 6. The van der Waals surface area contributed by atoms with Crippen LogP contribution >= 0.6 is 0 Å². The number of pyridine rings is 1. The number of rotatable bonds is 3. The van der Waals surface area contributed by atoms with Crippen molar-refractivity contribution in [3.63, 3.8) is 0 Å². The molecule has 0 aliphatic rings. The highest BCUT2D eigenvalue weighted by molar-refractivity contribution is 6.01. The van der Waals surface area contributed by atoms with Crippen LogP contribution in [0.15, 0.2) is 73.3 Å². The van der Waals surface area contributed by atoms with Gasteiger partial charge in [0.25, 0.3) is 0 Å². The van der Waals surface area contributed by atoms with Gasteiger partial charge in [0.15, 0.2) is 0 Å². The van der Waals surface area contributed by atoms with Crippen molar-refractivity contribution in [2.75, 3.05) is 0 Å². The van der Waals surface area contributed by atoms with E-state index in [1.165, 1.54) is 6.07 Å². The molecule has 6 nitrogen and oxygen atoms in total. The number of aryl methyl sites for hydroxylation is 1. The third kappa shape index (κ3) is 3.02. The predicted octanol–water partition coefficient (Wildman–Crippen LogP) is 5.68. The van der Waals surface area contributed by atoms with E-state index in [-0.39, 0.29) is 5.82 Å². The second kappa shape index (κ2) is 7.09. The maximum Gasteiger partial charge on any atom is 0.124 e. The fraction of sp³-hybridized carbons (Fsp3) is 0.0400. The van der Waals surface area contributed by atoms with Gasteiger partial charge in [0.2, 0.25) is 0 Å². The lowest BCUT2D eigenvalue weighted by atomic mass is 9.99. The van der Waals surface area contributed by atoms with Gasteiger partial charge in [-0.25, -0.2) is 4.39 Å². The molecule has 0 atom stereocenters. The average Bonchev–Trinajstić information content (AvgIpc) is 3.42. The minimum absolute atomic E-state index is 0.241. The molecular formula is C25H17FN6. The van der Waals surface area contributed by atoms with E-state index in [9.17, 15) is 4.39 Å². The van der Waals surface area contributed by atoms with Crippen LogP contribution in [0.2, 0.25) is 0 Å². The Hall–Kier alpha value is -4.39. The molecule has 0 unspecified atom stereocenters. The summed E-state index contributed by atoms with van der Waals surface area (Å²) in [7, 11) is 0. The van der Waals surface area contributed by atoms with Gasteiger partial charge in [-0.2, -0.15) is 5.10 Å². The molecular weight excluding hydrogens is 403 g/mol. The number of hydrogen-bond acceptors (Lipinski definition) is 4. The van der Waals surface area contributed by atoms with Crippen LogP contribution in [0.4, 0.5) is 4.39 Å². The Labute approximate surface area is 182 Å². The molecule has 0 saturated carbocycles. The van der Waals surface area contributed by atoms with Gasteiger partial charge in [0.1, 0.15) is 17.2 Å². The highest BCUT2D eigenvalue weighted by Gasteiger charge is 2.15. The minimum atomic E-state index is -0.241. The molecule has 0 aliphatic heterocycles. The second-order valence-corrected chi connectivity index (χ2v) is 7.75. The zero-order valence-corrected chi connectivity index (χ0v) is 17.1. The number of nitrogens with zero attached hydrogens (tertiary/aromatic N) is 4. The van der Waals surface area contributed by atoms with E-state index < -0.39 is 0 Å². The van der Waals surface area contributed by atoms with E-state index in [0.717, 1.165) is 55.6 Å². The molecule has 32 heavy (non-hydrogen) atoms. The van der Waals surface area contributed by atoms with E-state index >= 15 is 0 Å². The van der Waals surface area contributed by atoms with Crippen LogP contribution in [0.1, 0.15) is 5.56 Å². The number of fused-ring (bicyclic) bond motifs is 2. The molecule has 2 aromatic carbocycles. The van der Waals surface area contributed by atoms with Gasteiger partial charge in [0.05, 0.1) is 29.3 Å². The van der Waals surface area contributed by atoms with Crippen LogP contribution in [0.25, 0.3) is 55.7 Å². The second-order valence-electron chi connectivity index (χ2n) is 7.75. The molecule has 7 heteroatoms. The van der Waals surface area contributed by atoms with Gasteiger partial charge >= 0.3 is 0 Å². The number of benzene rings is 2. The molecule has 0 fully saturated rings. The molecule has 0 spiro atoms. The average molecular weight is 420 g/mol. The van der Waals surface area contributed by atoms with Gasteiger partial charge in [-0.05, 0) is 53.9 Å². The van der Waals surface area contributed by atoms with Gasteiger partial charge in [-0.1, -0.05) is 18.2 Å². The van der Waals surface area contributed by atoms with E-state index in [0.29, 0.717) is 5.69 Å². The summed E-state index contributed by atoms with van der Waals surface area (Å²) in [5.74, 6) is -0.241. The Morgan fingerprint density at radius 2 is 1.78 bits per heavy atom. The lowest BCUT2D eigenvalue weighted by Crippen LogP contribution is -1.88. The molecule has 4 heterocycles. The zero-order chi connectivity index (χ0) is 21.7. The van der Waals surface area contributed by atoms with Gasteiger partial charge in [0, 0.05) is 28.7 Å². The first-order valence-corrected chi connectivity index (χ1v) is 10.2. The lowest BCUT2D eigenvalue weighted by Gasteiger charge is -2.05. The third-order valence-corrected chi connectivity index (χ3v) is 5.55. The summed E-state index contributed by atoms with van der Waals surface area (Å²) in [6.45, 7) is 1.90. The first-order valence-electron chi connectivity index (χ1n) is 10.2. The SMILES string of the molecule is Cc1cc(F)cc(-c2cccc3[nH]c(-c4n[nH]c5cnc(-c6cnccn6)cc45)cc23)c1. The fourth-order valence-corrected chi connectivity index (χ4v) is 4.12. The van der Waals surface area contributed by atoms with E-state index in [1.807, 2.05) is 37.3 Å². The van der Waals surface area contributed by atoms with Gasteiger partial charge in [-0.3, -0.25) is 20.1 Å². The number of hydrogen-bond donors (Lipinski definition) is 2. The molecule has 2 N–H and O–H groups in total. The van der Waals surface area contributed by atoms with Crippen LogP contribution in [0.5, 0.6) is 0 Å². The van der Waals surface area contributed by atoms with Crippen molar-refractivity contribution in [3.8, 4) is 33.9 Å². The molecule has 0 bridgehead atoms. The first kappa shape index (κ1) is 18.4. The van der Waals surface area contributed by atoms with Crippen molar-refractivity contribution in [3.05, 3.63) is 84.7 Å². The summed E-state index contributed by atoms with van der Waals surface area (Å²) in [5.41, 5.74) is 7.55. The van der Waals surface area contributed by atoms with Crippen molar-refractivity contribution in [2.45, 2.75) is 6.92 Å². The maximum atomic E-state index is 14.1. The number of H-pyrrole nitrogens is 2. The third-order valence-electron chi connectivity index (χ3n) is 5.55. The van der Waals surface area contributed by atoms with Gasteiger partial charge < -0.3 is 4.98 Å². The van der Waals surface area contributed by atoms with Crippen LogP contribution in [-0.4, -0.2) is 30.1 Å². The minimum Gasteiger partial charge on any atom is -0.353 e. The van der Waals surface area contributed by atoms with Crippen LogP contribution < -0.4 is 0 Å². The number of aromatic amines is 2. The quantitative estimate of drug-likeness (QED) is 0.386. The van der Waals surface area contributed by atoms with Gasteiger partial charge in [-0.15, -0.1) is 0 Å². The summed E-state index contributed by atoms with van der Waals surface area (Å²) < 4.78 is 14.1. The van der Waals surface area contributed by atoms with Crippen molar-refractivity contribution in [2.24, 2.45) is 0 Å². The lowest BCUT2D eigenvalue weighted by molar-refractivity contribution is 0.627. The monoisotopic (exact) mass is 420 g/mol. The number of halogens is 1. The topological polar surface area (TPSA) is 83.1 Å². The van der Waals surface area contributed by atoms with Crippen LogP contribution in [-0.2, 0) is 0 Å². The highest BCUT2D eigenvalue weighted by Crippen LogP contribution is 2.35.